The first kappa shape index (κ1) is 11.4. The van der Waals surface area contributed by atoms with Gasteiger partial charge in [0.1, 0.15) is 0 Å². The molecule has 1 fully saturated rings. The van der Waals surface area contributed by atoms with Gasteiger partial charge in [-0.05, 0) is 18.1 Å². The van der Waals surface area contributed by atoms with Crippen LogP contribution in [0.4, 0.5) is 0 Å². The van der Waals surface area contributed by atoms with E-state index in [4.69, 9.17) is 11.6 Å². The third kappa shape index (κ3) is 2.36. The van der Waals surface area contributed by atoms with Crippen molar-refractivity contribution in [1.29, 1.82) is 0 Å². The Morgan fingerprint density at radius 2 is 2.25 bits per heavy atom. The molecule has 1 N–H and O–H groups in total. The van der Waals surface area contributed by atoms with Crippen LogP contribution < -0.4 is 5.32 Å². The van der Waals surface area contributed by atoms with E-state index in [2.05, 4.69) is 5.32 Å². The van der Waals surface area contributed by atoms with Crippen molar-refractivity contribution in [2.75, 3.05) is 13.6 Å². The molecule has 1 amide bonds. The van der Waals surface area contributed by atoms with E-state index in [1.807, 2.05) is 31.3 Å². The molecule has 1 aromatic carbocycles. The van der Waals surface area contributed by atoms with Crippen LogP contribution in [0.25, 0.3) is 0 Å². The van der Waals surface area contributed by atoms with Crippen LogP contribution in [0.5, 0.6) is 0 Å². The minimum atomic E-state index is -0.0544. The normalized spacial score (nSPS) is 20.5. The molecule has 2 rings (SSSR count). The van der Waals surface area contributed by atoms with Crippen LogP contribution >= 0.6 is 11.6 Å². The molecule has 1 atom stereocenters. The minimum absolute atomic E-state index is 0.0544. The first-order chi connectivity index (χ1) is 7.68. The van der Waals surface area contributed by atoms with Gasteiger partial charge in [-0.3, -0.25) is 4.79 Å². The lowest BCUT2D eigenvalue weighted by Crippen LogP contribution is -2.36. The predicted octanol–water partition coefficient (Wildman–Crippen LogP) is 1.66. The van der Waals surface area contributed by atoms with E-state index in [-0.39, 0.29) is 11.9 Å². The number of carbonyl (C=O) groups is 1. The van der Waals surface area contributed by atoms with Crippen LogP contribution in [0.1, 0.15) is 12.0 Å². The van der Waals surface area contributed by atoms with Gasteiger partial charge in [0.05, 0.1) is 6.04 Å². The zero-order valence-electron chi connectivity index (χ0n) is 9.24. The second-order valence-corrected chi connectivity index (χ2v) is 4.48. The molecular formula is C12H15ClN2O. The molecule has 1 saturated heterocycles. The van der Waals surface area contributed by atoms with E-state index < -0.39 is 0 Å². The van der Waals surface area contributed by atoms with Gasteiger partial charge >= 0.3 is 0 Å². The molecule has 4 heteroatoms. The summed E-state index contributed by atoms with van der Waals surface area (Å²) in [5, 5.41) is 3.99. The second-order valence-electron chi connectivity index (χ2n) is 4.07. The highest BCUT2D eigenvalue weighted by Crippen LogP contribution is 2.16. The molecular weight excluding hydrogens is 224 g/mol. The lowest BCUT2D eigenvalue weighted by atomic mass is 10.2. The van der Waals surface area contributed by atoms with Crippen molar-refractivity contribution < 1.29 is 4.79 Å². The number of likely N-dealkylation sites (N-methyl/N-ethyl adjacent to an activating group) is 1. The Morgan fingerprint density at radius 3 is 2.88 bits per heavy atom. The third-order valence-corrected chi connectivity index (χ3v) is 3.29. The van der Waals surface area contributed by atoms with E-state index in [0.29, 0.717) is 6.54 Å². The van der Waals surface area contributed by atoms with Crippen LogP contribution in [0, 0.1) is 0 Å². The number of nitrogens with zero attached hydrogens (tertiary/aromatic N) is 1. The molecule has 0 aromatic heterocycles. The molecule has 1 aliphatic rings. The maximum atomic E-state index is 11.6. The van der Waals surface area contributed by atoms with Crippen molar-refractivity contribution in [3.8, 4) is 0 Å². The topological polar surface area (TPSA) is 32.3 Å². The van der Waals surface area contributed by atoms with Crippen molar-refractivity contribution in [2.45, 2.75) is 19.0 Å². The van der Waals surface area contributed by atoms with Crippen LogP contribution in [0.3, 0.4) is 0 Å². The lowest BCUT2D eigenvalue weighted by molar-refractivity contribution is -0.128. The number of hydrogen-bond donors (Lipinski definition) is 1. The third-order valence-electron chi connectivity index (χ3n) is 2.92. The van der Waals surface area contributed by atoms with Gasteiger partial charge in [0.25, 0.3) is 0 Å². The van der Waals surface area contributed by atoms with Gasteiger partial charge in [-0.2, -0.15) is 0 Å². The van der Waals surface area contributed by atoms with E-state index in [1.54, 1.807) is 4.90 Å². The fourth-order valence-corrected chi connectivity index (χ4v) is 2.09. The molecule has 0 saturated carbocycles. The number of amides is 1. The van der Waals surface area contributed by atoms with E-state index >= 15 is 0 Å². The molecule has 86 valence electrons. The van der Waals surface area contributed by atoms with Crippen molar-refractivity contribution in [1.82, 2.24) is 10.2 Å². The summed E-state index contributed by atoms with van der Waals surface area (Å²) in [6, 6.07) is 7.63. The number of likely N-dealkylation sites (tertiary alicyclic amines) is 1. The van der Waals surface area contributed by atoms with Gasteiger partial charge in [0, 0.05) is 25.2 Å². The molecule has 1 aromatic rings. The smallest absolute Gasteiger partial charge is 0.239 e. The van der Waals surface area contributed by atoms with Gasteiger partial charge in [-0.1, -0.05) is 29.8 Å². The fourth-order valence-electron chi connectivity index (χ4n) is 1.89. The Morgan fingerprint density at radius 1 is 1.50 bits per heavy atom. The summed E-state index contributed by atoms with van der Waals surface area (Å²) in [7, 11) is 1.83. The predicted molar refractivity (Wildman–Crippen MR) is 64.3 cm³/mol. The Bertz CT molecular complexity index is 394. The van der Waals surface area contributed by atoms with Gasteiger partial charge in [-0.15, -0.1) is 0 Å². The highest BCUT2D eigenvalue weighted by Gasteiger charge is 2.28. The number of hydrogen-bond acceptors (Lipinski definition) is 2. The van der Waals surface area contributed by atoms with Gasteiger partial charge in [0.15, 0.2) is 0 Å². The Hall–Kier alpha value is -1.06. The average molecular weight is 239 g/mol. The van der Waals surface area contributed by atoms with E-state index in [1.165, 1.54) is 0 Å². The monoisotopic (exact) mass is 238 g/mol. The first-order valence-corrected chi connectivity index (χ1v) is 5.78. The molecule has 1 heterocycles. The Balaban J connectivity index is 1.93. The standard InChI is InChI=1S/C12H15ClN2O/c1-15-7-6-11(12(15)16)14-8-9-4-2-3-5-10(9)13/h2-5,11,14H,6-8H2,1H3. The van der Waals surface area contributed by atoms with Gasteiger partial charge in [0.2, 0.25) is 5.91 Å². The zero-order chi connectivity index (χ0) is 11.5. The number of halogens is 1. The maximum Gasteiger partial charge on any atom is 0.239 e. The van der Waals surface area contributed by atoms with Gasteiger partial charge in [-0.25, -0.2) is 0 Å². The first-order valence-electron chi connectivity index (χ1n) is 5.40. The number of benzene rings is 1. The summed E-state index contributed by atoms with van der Waals surface area (Å²) in [5.74, 6) is 0.173. The summed E-state index contributed by atoms with van der Waals surface area (Å²) in [4.78, 5) is 13.4. The average Bonchev–Trinajstić information content (AvgIpc) is 2.59. The number of rotatable bonds is 3. The lowest BCUT2D eigenvalue weighted by Gasteiger charge is -2.12. The number of carbonyl (C=O) groups excluding carboxylic acids is 1. The fraction of sp³-hybridized carbons (Fsp3) is 0.417. The Kier molecular flexibility index (Phi) is 3.46. The van der Waals surface area contributed by atoms with Crippen LogP contribution in [-0.2, 0) is 11.3 Å². The van der Waals surface area contributed by atoms with Crippen molar-refractivity contribution in [3.63, 3.8) is 0 Å². The SMILES string of the molecule is CN1CCC(NCc2ccccc2Cl)C1=O. The molecule has 0 radical (unpaired) electrons. The highest BCUT2D eigenvalue weighted by molar-refractivity contribution is 6.31. The summed E-state index contributed by atoms with van der Waals surface area (Å²) in [5.41, 5.74) is 1.03. The van der Waals surface area contributed by atoms with Crippen molar-refractivity contribution in [3.05, 3.63) is 34.9 Å². The molecule has 0 aliphatic carbocycles. The second kappa shape index (κ2) is 4.85. The van der Waals surface area contributed by atoms with Crippen LogP contribution in [-0.4, -0.2) is 30.4 Å². The van der Waals surface area contributed by atoms with Crippen molar-refractivity contribution >= 4 is 17.5 Å². The summed E-state index contributed by atoms with van der Waals surface area (Å²) < 4.78 is 0. The maximum absolute atomic E-state index is 11.6. The van der Waals surface area contributed by atoms with Gasteiger partial charge < -0.3 is 10.2 Å². The summed E-state index contributed by atoms with van der Waals surface area (Å²) in [6.07, 6.45) is 0.875. The Labute approximate surface area is 100 Å². The quantitative estimate of drug-likeness (QED) is 0.869. The van der Waals surface area contributed by atoms with E-state index in [9.17, 15) is 4.79 Å². The molecule has 1 unspecified atom stereocenters. The molecule has 0 bridgehead atoms. The van der Waals surface area contributed by atoms with Crippen LogP contribution in [0.2, 0.25) is 5.02 Å². The largest absolute Gasteiger partial charge is 0.344 e. The minimum Gasteiger partial charge on any atom is -0.344 e. The van der Waals surface area contributed by atoms with Crippen LogP contribution in [0.15, 0.2) is 24.3 Å². The zero-order valence-corrected chi connectivity index (χ0v) is 10.00. The summed E-state index contributed by atoms with van der Waals surface area (Å²) >= 11 is 6.04. The number of nitrogens with one attached hydrogen (secondary N) is 1. The summed E-state index contributed by atoms with van der Waals surface area (Å²) in [6.45, 7) is 1.48. The van der Waals surface area contributed by atoms with E-state index in [0.717, 1.165) is 23.6 Å². The molecule has 3 nitrogen and oxygen atoms in total. The molecule has 1 aliphatic heterocycles. The highest BCUT2D eigenvalue weighted by atomic mass is 35.5. The molecule has 16 heavy (non-hydrogen) atoms. The molecule has 0 spiro atoms. The van der Waals surface area contributed by atoms with Crippen molar-refractivity contribution in [2.24, 2.45) is 0 Å².